The van der Waals surface area contributed by atoms with Crippen LogP contribution in [0.3, 0.4) is 0 Å². The molecule has 0 heterocycles. The summed E-state index contributed by atoms with van der Waals surface area (Å²) in [5, 5.41) is 0. The van der Waals surface area contributed by atoms with Crippen LogP contribution in [-0.2, 0) is 19.0 Å². The molecule has 0 aliphatic heterocycles. The molecule has 5 heteroatoms. The fourth-order valence-electron chi connectivity index (χ4n) is 3.70. The molecule has 0 bridgehead atoms. The standard InChI is InChI=1S/C22H45NO4/c1-18(2,3)15-21(8,9)25-13-12-20(6,7)26-14-17(24)27-22(10,11)16-19(4,5)23/h12-16,23H2,1-11H3. The van der Waals surface area contributed by atoms with Crippen LogP contribution in [0.4, 0.5) is 0 Å². The first-order valence-corrected chi connectivity index (χ1v) is 10.0. The van der Waals surface area contributed by atoms with Gasteiger partial charge < -0.3 is 19.9 Å². The Balaban J connectivity index is 4.38. The van der Waals surface area contributed by atoms with Gasteiger partial charge in [-0.3, -0.25) is 0 Å². The van der Waals surface area contributed by atoms with Gasteiger partial charge in [-0.05, 0) is 73.6 Å². The monoisotopic (exact) mass is 387 g/mol. The van der Waals surface area contributed by atoms with Gasteiger partial charge in [0.1, 0.15) is 12.2 Å². The average molecular weight is 388 g/mol. The third-order valence-corrected chi connectivity index (χ3v) is 4.01. The first-order valence-electron chi connectivity index (χ1n) is 10.0. The maximum absolute atomic E-state index is 12.2. The Morgan fingerprint density at radius 1 is 0.741 bits per heavy atom. The van der Waals surface area contributed by atoms with Crippen LogP contribution in [0.25, 0.3) is 0 Å². The fourth-order valence-corrected chi connectivity index (χ4v) is 3.70. The maximum Gasteiger partial charge on any atom is 0.332 e. The molecule has 0 saturated heterocycles. The molecular weight excluding hydrogens is 342 g/mol. The van der Waals surface area contributed by atoms with Gasteiger partial charge >= 0.3 is 5.97 Å². The highest BCUT2D eigenvalue weighted by Crippen LogP contribution is 2.30. The van der Waals surface area contributed by atoms with E-state index in [0.29, 0.717) is 19.4 Å². The number of hydrogen-bond donors (Lipinski definition) is 1. The topological polar surface area (TPSA) is 70.8 Å². The molecule has 0 aliphatic rings. The normalized spacial score (nSPS) is 14.4. The average Bonchev–Trinajstić information content (AvgIpc) is 2.28. The number of rotatable bonds is 11. The van der Waals surface area contributed by atoms with Gasteiger partial charge in [0, 0.05) is 12.0 Å². The van der Waals surface area contributed by atoms with E-state index in [0.717, 1.165) is 6.42 Å². The largest absolute Gasteiger partial charge is 0.458 e. The van der Waals surface area contributed by atoms with Crippen molar-refractivity contribution in [3.8, 4) is 0 Å². The van der Waals surface area contributed by atoms with Crippen LogP contribution in [0.15, 0.2) is 0 Å². The minimum Gasteiger partial charge on any atom is -0.458 e. The number of nitrogens with two attached hydrogens (primary N) is 1. The molecular formula is C22H45NO4. The molecule has 0 rings (SSSR count). The summed E-state index contributed by atoms with van der Waals surface area (Å²) in [4.78, 5) is 12.2. The smallest absolute Gasteiger partial charge is 0.332 e. The molecule has 0 atom stereocenters. The third kappa shape index (κ3) is 15.0. The van der Waals surface area contributed by atoms with Gasteiger partial charge in [-0.15, -0.1) is 0 Å². The number of esters is 1. The Morgan fingerprint density at radius 3 is 1.70 bits per heavy atom. The zero-order valence-corrected chi connectivity index (χ0v) is 19.7. The third-order valence-electron chi connectivity index (χ3n) is 4.01. The molecule has 2 N–H and O–H groups in total. The van der Waals surface area contributed by atoms with Crippen LogP contribution in [0.5, 0.6) is 0 Å². The van der Waals surface area contributed by atoms with Crippen molar-refractivity contribution >= 4 is 5.97 Å². The SMILES string of the molecule is CC(C)(C)CC(C)(C)OCCC(C)(C)OCC(=O)OC(C)(C)CC(C)(C)N. The van der Waals surface area contributed by atoms with Crippen molar-refractivity contribution in [2.45, 2.75) is 118 Å². The van der Waals surface area contributed by atoms with E-state index in [2.05, 4.69) is 34.6 Å². The van der Waals surface area contributed by atoms with Gasteiger partial charge in [0.15, 0.2) is 0 Å². The van der Waals surface area contributed by atoms with Gasteiger partial charge in [0.25, 0.3) is 0 Å². The molecule has 0 unspecified atom stereocenters. The lowest BCUT2D eigenvalue weighted by Crippen LogP contribution is -2.43. The maximum atomic E-state index is 12.2. The van der Waals surface area contributed by atoms with Crippen LogP contribution in [-0.4, -0.2) is 41.5 Å². The van der Waals surface area contributed by atoms with Crippen LogP contribution in [0.1, 0.15) is 95.4 Å². The van der Waals surface area contributed by atoms with E-state index in [4.69, 9.17) is 19.9 Å². The Morgan fingerprint density at radius 2 is 1.26 bits per heavy atom. The lowest BCUT2D eigenvalue weighted by atomic mass is 9.83. The molecule has 0 fully saturated rings. The van der Waals surface area contributed by atoms with E-state index >= 15 is 0 Å². The van der Waals surface area contributed by atoms with E-state index < -0.39 is 16.7 Å². The number of carbonyl (C=O) groups excluding carboxylic acids is 1. The molecule has 0 aromatic heterocycles. The predicted molar refractivity (Wildman–Crippen MR) is 112 cm³/mol. The predicted octanol–water partition coefficient (Wildman–Crippen LogP) is 4.85. The molecule has 0 amide bonds. The van der Waals surface area contributed by atoms with Gasteiger partial charge in [0.2, 0.25) is 0 Å². The lowest BCUT2D eigenvalue weighted by molar-refractivity contribution is -0.170. The van der Waals surface area contributed by atoms with Gasteiger partial charge in [-0.1, -0.05) is 20.8 Å². The second-order valence-corrected chi connectivity index (χ2v) is 11.5. The minimum atomic E-state index is -0.622. The van der Waals surface area contributed by atoms with Crippen molar-refractivity contribution in [3.63, 3.8) is 0 Å². The highest BCUT2D eigenvalue weighted by Gasteiger charge is 2.31. The van der Waals surface area contributed by atoms with Crippen LogP contribution in [0.2, 0.25) is 0 Å². The number of hydrogen-bond acceptors (Lipinski definition) is 5. The quantitative estimate of drug-likeness (QED) is 0.513. The van der Waals surface area contributed by atoms with E-state index in [1.54, 1.807) is 0 Å². The highest BCUT2D eigenvalue weighted by atomic mass is 16.6. The molecule has 27 heavy (non-hydrogen) atoms. The first-order chi connectivity index (χ1) is 11.7. The highest BCUT2D eigenvalue weighted by molar-refractivity contribution is 5.71. The molecule has 0 spiro atoms. The summed E-state index contributed by atoms with van der Waals surface area (Å²) >= 11 is 0. The fraction of sp³-hybridized carbons (Fsp3) is 0.955. The minimum absolute atomic E-state index is 0.0766. The Labute approximate surface area is 167 Å². The summed E-state index contributed by atoms with van der Waals surface area (Å²) in [6.07, 6.45) is 2.25. The number of ether oxygens (including phenoxy) is 3. The van der Waals surface area contributed by atoms with Crippen LogP contribution < -0.4 is 5.73 Å². The van der Waals surface area contributed by atoms with Crippen molar-refractivity contribution in [1.82, 2.24) is 0 Å². The second kappa shape index (κ2) is 9.23. The van der Waals surface area contributed by atoms with Crippen LogP contribution in [0, 0.1) is 5.41 Å². The summed E-state index contributed by atoms with van der Waals surface area (Å²) < 4.78 is 17.4. The summed E-state index contributed by atoms with van der Waals surface area (Å²) in [5.41, 5.74) is 4.57. The first kappa shape index (κ1) is 26.4. The molecule has 162 valence electrons. The lowest BCUT2D eigenvalue weighted by Gasteiger charge is -2.34. The Bertz CT molecular complexity index is 468. The van der Waals surface area contributed by atoms with E-state index in [-0.39, 0.29) is 23.6 Å². The van der Waals surface area contributed by atoms with Crippen molar-refractivity contribution in [1.29, 1.82) is 0 Å². The molecule has 0 radical (unpaired) electrons. The van der Waals surface area contributed by atoms with Crippen molar-refractivity contribution in [3.05, 3.63) is 0 Å². The van der Waals surface area contributed by atoms with E-state index in [1.807, 2.05) is 41.5 Å². The Kier molecular flexibility index (Phi) is 9.01. The zero-order valence-electron chi connectivity index (χ0n) is 19.7. The zero-order chi connectivity index (χ0) is 21.7. The van der Waals surface area contributed by atoms with E-state index in [1.165, 1.54) is 0 Å². The molecule has 0 aromatic rings. The van der Waals surface area contributed by atoms with Crippen molar-refractivity contribution in [2.75, 3.05) is 13.2 Å². The number of carbonyl (C=O) groups is 1. The Hall–Kier alpha value is -0.650. The van der Waals surface area contributed by atoms with Crippen molar-refractivity contribution in [2.24, 2.45) is 11.1 Å². The summed E-state index contributed by atoms with van der Waals surface area (Å²) in [6.45, 7) is 22.9. The van der Waals surface area contributed by atoms with E-state index in [9.17, 15) is 4.79 Å². The van der Waals surface area contributed by atoms with Crippen LogP contribution >= 0.6 is 0 Å². The summed E-state index contributed by atoms with van der Waals surface area (Å²) in [6, 6.07) is 0. The van der Waals surface area contributed by atoms with Gasteiger partial charge in [0.05, 0.1) is 17.8 Å². The summed E-state index contributed by atoms with van der Waals surface area (Å²) in [5.74, 6) is -0.369. The summed E-state index contributed by atoms with van der Waals surface area (Å²) in [7, 11) is 0. The van der Waals surface area contributed by atoms with Gasteiger partial charge in [-0.2, -0.15) is 0 Å². The molecule has 0 aromatic carbocycles. The second-order valence-electron chi connectivity index (χ2n) is 11.5. The molecule has 0 saturated carbocycles. The van der Waals surface area contributed by atoms with Crippen molar-refractivity contribution < 1.29 is 19.0 Å². The molecule has 5 nitrogen and oxygen atoms in total. The van der Waals surface area contributed by atoms with Gasteiger partial charge in [-0.25, -0.2) is 4.79 Å². The molecule has 0 aliphatic carbocycles.